The van der Waals surface area contributed by atoms with E-state index in [2.05, 4.69) is 41.2 Å². The molecule has 2 heterocycles. The Bertz CT molecular complexity index is 578. The van der Waals surface area contributed by atoms with Crippen LogP contribution in [0.5, 0.6) is 11.5 Å². The monoisotopic (exact) mass is 331 g/mol. The van der Waals surface area contributed by atoms with Gasteiger partial charge in [-0.15, -0.1) is 0 Å². The maximum atomic E-state index is 5.65. The zero-order chi connectivity index (χ0) is 16.9. The largest absolute Gasteiger partial charge is 0.486 e. The predicted octanol–water partition coefficient (Wildman–Crippen LogP) is 2.55. The van der Waals surface area contributed by atoms with Crippen LogP contribution in [0, 0.1) is 11.8 Å². The Labute approximate surface area is 145 Å². The summed E-state index contributed by atoms with van der Waals surface area (Å²) in [5, 5.41) is 3.51. The highest BCUT2D eigenvalue weighted by molar-refractivity contribution is 5.80. The Hall–Kier alpha value is -1.91. The van der Waals surface area contributed by atoms with Crippen molar-refractivity contribution in [2.24, 2.45) is 16.8 Å². The van der Waals surface area contributed by atoms with Gasteiger partial charge < -0.3 is 19.7 Å². The molecule has 1 fully saturated rings. The molecule has 0 radical (unpaired) electrons. The first-order chi connectivity index (χ1) is 11.7. The standard InChI is InChI=1S/C19H29N3O2/c1-14-10-15(2)13-22(12-14)19(20-3)21-7-6-16-4-5-17-18(11-16)24-9-8-23-17/h4-5,11,14-15H,6-10,12-13H2,1-3H3,(H,20,21). The van der Waals surface area contributed by atoms with E-state index in [1.165, 1.54) is 12.0 Å². The molecule has 2 atom stereocenters. The molecular weight excluding hydrogens is 302 g/mol. The summed E-state index contributed by atoms with van der Waals surface area (Å²) in [4.78, 5) is 6.86. The lowest BCUT2D eigenvalue weighted by Gasteiger charge is -2.37. The molecule has 1 aromatic carbocycles. The molecule has 1 aromatic rings. The second-order valence-corrected chi connectivity index (χ2v) is 7.05. The van der Waals surface area contributed by atoms with Crippen LogP contribution in [0.25, 0.3) is 0 Å². The van der Waals surface area contributed by atoms with E-state index in [0.29, 0.717) is 13.2 Å². The van der Waals surface area contributed by atoms with Crippen LogP contribution in [0.15, 0.2) is 23.2 Å². The van der Waals surface area contributed by atoms with Gasteiger partial charge in [-0.1, -0.05) is 19.9 Å². The lowest BCUT2D eigenvalue weighted by molar-refractivity contribution is 0.171. The highest BCUT2D eigenvalue weighted by Gasteiger charge is 2.23. The molecule has 0 aliphatic carbocycles. The van der Waals surface area contributed by atoms with Crippen molar-refractivity contribution in [3.63, 3.8) is 0 Å². The number of nitrogens with zero attached hydrogens (tertiary/aromatic N) is 2. The first-order valence-electron chi connectivity index (χ1n) is 9.00. The lowest BCUT2D eigenvalue weighted by Crippen LogP contribution is -2.48. The number of hydrogen-bond acceptors (Lipinski definition) is 3. The van der Waals surface area contributed by atoms with E-state index in [9.17, 15) is 0 Å². The number of benzene rings is 1. The fraction of sp³-hybridized carbons (Fsp3) is 0.632. The van der Waals surface area contributed by atoms with E-state index < -0.39 is 0 Å². The number of ether oxygens (including phenoxy) is 2. The summed E-state index contributed by atoms with van der Waals surface area (Å²) in [7, 11) is 1.87. The molecule has 2 aliphatic heterocycles. The van der Waals surface area contributed by atoms with Gasteiger partial charge in [-0.3, -0.25) is 4.99 Å². The number of piperidine rings is 1. The molecule has 0 amide bonds. The quantitative estimate of drug-likeness (QED) is 0.683. The van der Waals surface area contributed by atoms with Crippen LogP contribution in [0.4, 0.5) is 0 Å². The second-order valence-electron chi connectivity index (χ2n) is 7.05. The summed E-state index contributed by atoms with van der Waals surface area (Å²) < 4.78 is 11.2. The average molecular weight is 331 g/mol. The van der Waals surface area contributed by atoms with Gasteiger partial charge in [-0.25, -0.2) is 0 Å². The summed E-state index contributed by atoms with van der Waals surface area (Å²) in [5.74, 6) is 4.19. The molecule has 0 spiro atoms. The summed E-state index contributed by atoms with van der Waals surface area (Å²) >= 11 is 0. The summed E-state index contributed by atoms with van der Waals surface area (Å²) in [5.41, 5.74) is 1.25. The van der Waals surface area contributed by atoms with Crippen molar-refractivity contribution in [1.82, 2.24) is 10.2 Å². The van der Waals surface area contributed by atoms with Crippen LogP contribution in [-0.2, 0) is 6.42 Å². The minimum atomic E-state index is 0.632. The topological polar surface area (TPSA) is 46.1 Å². The van der Waals surface area contributed by atoms with Crippen LogP contribution >= 0.6 is 0 Å². The minimum Gasteiger partial charge on any atom is -0.486 e. The molecule has 0 aromatic heterocycles. The van der Waals surface area contributed by atoms with Crippen molar-refractivity contribution in [2.45, 2.75) is 26.7 Å². The number of rotatable bonds is 3. The summed E-state index contributed by atoms with van der Waals surface area (Å²) in [6, 6.07) is 6.21. The molecular formula is C19H29N3O2. The highest BCUT2D eigenvalue weighted by Crippen LogP contribution is 2.30. The van der Waals surface area contributed by atoms with Crippen LogP contribution in [0.3, 0.4) is 0 Å². The van der Waals surface area contributed by atoms with E-state index in [1.807, 2.05) is 13.1 Å². The fourth-order valence-electron chi connectivity index (χ4n) is 3.73. The predicted molar refractivity (Wildman–Crippen MR) is 97.0 cm³/mol. The number of hydrogen-bond donors (Lipinski definition) is 1. The molecule has 1 saturated heterocycles. The minimum absolute atomic E-state index is 0.632. The van der Waals surface area contributed by atoms with Gasteiger partial charge in [0.2, 0.25) is 0 Å². The molecule has 0 bridgehead atoms. The Kier molecular flexibility index (Phi) is 5.48. The normalized spacial score (nSPS) is 24.0. The summed E-state index contributed by atoms with van der Waals surface area (Å²) in [6.45, 7) is 8.97. The Balaban J connectivity index is 1.53. The van der Waals surface area contributed by atoms with Gasteiger partial charge in [0.05, 0.1) is 0 Å². The van der Waals surface area contributed by atoms with Gasteiger partial charge >= 0.3 is 0 Å². The number of likely N-dealkylation sites (tertiary alicyclic amines) is 1. The number of aliphatic imine (C=N–C) groups is 1. The Morgan fingerprint density at radius 1 is 1.17 bits per heavy atom. The number of fused-ring (bicyclic) bond motifs is 1. The van der Waals surface area contributed by atoms with E-state index in [1.54, 1.807) is 0 Å². The fourth-order valence-corrected chi connectivity index (χ4v) is 3.73. The molecule has 2 unspecified atom stereocenters. The number of guanidine groups is 1. The third-order valence-corrected chi connectivity index (χ3v) is 4.68. The maximum absolute atomic E-state index is 5.65. The molecule has 0 saturated carbocycles. The SMILES string of the molecule is CN=C(NCCc1ccc2c(c1)OCCO2)N1CC(C)CC(C)C1. The zero-order valence-corrected chi connectivity index (χ0v) is 15.0. The lowest BCUT2D eigenvalue weighted by atomic mass is 9.92. The van der Waals surface area contributed by atoms with Gasteiger partial charge in [0.1, 0.15) is 13.2 Å². The smallest absolute Gasteiger partial charge is 0.193 e. The van der Waals surface area contributed by atoms with Gasteiger partial charge in [-0.05, 0) is 42.4 Å². The van der Waals surface area contributed by atoms with Crippen molar-refractivity contribution >= 4 is 5.96 Å². The second kappa shape index (κ2) is 7.77. The van der Waals surface area contributed by atoms with Crippen molar-refractivity contribution < 1.29 is 9.47 Å². The first kappa shape index (κ1) is 16.9. The van der Waals surface area contributed by atoms with Gasteiger partial charge in [0, 0.05) is 26.7 Å². The molecule has 3 rings (SSSR count). The van der Waals surface area contributed by atoms with Crippen LogP contribution in [0.1, 0.15) is 25.8 Å². The molecule has 2 aliphatic rings. The Morgan fingerprint density at radius 3 is 2.58 bits per heavy atom. The van der Waals surface area contributed by atoms with Crippen molar-refractivity contribution in [3.8, 4) is 11.5 Å². The number of nitrogens with one attached hydrogen (secondary N) is 1. The van der Waals surface area contributed by atoms with Crippen LogP contribution in [0.2, 0.25) is 0 Å². The molecule has 1 N–H and O–H groups in total. The van der Waals surface area contributed by atoms with E-state index in [0.717, 1.165) is 55.3 Å². The molecule has 24 heavy (non-hydrogen) atoms. The van der Waals surface area contributed by atoms with E-state index in [4.69, 9.17) is 9.47 Å². The van der Waals surface area contributed by atoms with Gasteiger partial charge in [0.25, 0.3) is 0 Å². The van der Waals surface area contributed by atoms with E-state index in [-0.39, 0.29) is 0 Å². The van der Waals surface area contributed by atoms with Gasteiger partial charge in [0.15, 0.2) is 17.5 Å². The third kappa shape index (κ3) is 4.13. The van der Waals surface area contributed by atoms with Crippen molar-refractivity contribution in [2.75, 3.05) is 39.9 Å². The molecule has 132 valence electrons. The zero-order valence-electron chi connectivity index (χ0n) is 15.0. The molecule has 5 nitrogen and oxygen atoms in total. The highest BCUT2D eigenvalue weighted by atomic mass is 16.6. The first-order valence-corrected chi connectivity index (χ1v) is 9.00. The summed E-state index contributed by atoms with van der Waals surface area (Å²) in [6.07, 6.45) is 2.25. The van der Waals surface area contributed by atoms with Gasteiger partial charge in [-0.2, -0.15) is 0 Å². The van der Waals surface area contributed by atoms with E-state index >= 15 is 0 Å². The Morgan fingerprint density at radius 2 is 1.88 bits per heavy atom. The van der Waals surface area contributed by atoms with Crippen LogP contribution < -0.4 is 14.8 Å². The molecule has 5 heteroatoms. The van der Waals surface area contributed by atoms with Crippen LogP contribution in [-0.4, -0.2) is 50.8 Å². The van der Waals surface area contributed by atoms with Crippen molar-refractivity contribution in [3.05, 3.63) is 23.8 Å². The average Bonchev–Trinajstić information content (AvgIpc) is 2.57. The third-order valence-electron chi connectivity index (χ3n) is 4.68. The maximum Gasteiger partial charge on any atom is 0.193 e. The van der Waals surface area contributed by atoms with Crippen molar-refractivity contribution in [1.29, 1.82) is 0 Å².